The molecule has 1 fully saturated rings. The van der Waals surface area contributed by atoms with Crippen LogP contribution in [0.5, 0.6) is 0 Å². The molecule has 2 aliphatic rings. The summed E-state index contributed by atoms with van der Waals surface area (Å²) in [6.45, 7) is 2.46. The van der Waals surface area contributed by atoms with Crippen molar-refractivity contribution in [1.29, 1.82) is 0 Å². The molecule has 0 spiro atoms. The van der Waals surface area contributed by atoms with E-state index in [1.165, 1.54) is 9.80 Å². The van der Waals surface area contributed by atoms with Gasteiger partial charge in [-0.1, -0.05) is 29.3 Å². The SMILES string of the molecule is CC(C(Cl)=C1CCN(C(=O)O)CC1)N1C(=O)c2ccccc2C1=O. The normalized spacial score (nSPS) is 18.7. The molecule has 7 heteroatoms. The van der Waals surface area contributed by atoms with Gasteiger partial charge in [-0.3, -0.25) is 14.5 Å². The van der Waals surface area contributed by atoms with Crippen molar-refractivity contribution in [2.45, 2.75) is 25.8 Å². The van der Waals surface area contributed by atoms with Gasteiger partial charge in [0.05, 0.1) is 17.2 Å². The summed E-state index contributed by atoms with van der Waals surface area (Å²) in [4.78, 5) is 38.5. The lowest BCUT2D eigenvalue weighted by Gasteiger charge is -2.29. The number of carboxylic acid groups (broad SMARTS) is 1. The Bertz CT molecular complexity index is 714. The number of halogens is 1. The minimum absolute atomic E-state index is 0.343. The highest BCUT2D eigenvalue weighted by molar-refractivity contribution is 6.31. The number of benzene rings is 1. The van der Waals surface area contributed by atoms with Crippen LogP contribution in [0, 0.1) is 0 Å². The molecule has 24 heavy (non-hydrogen) atoms. The zero-order valence-electron chi connectivity index (χ0n) is 13.2. The first-order chi connectivity index (χ1) is 11.4. The molecule has 3 amide bonds. The maximum absolute atomic E-state index is 12.5. The summed E-state index contributed by atoms with van der Waals surface area (Å²) < 4.78 is 0. The minimum atomic E-state index is -0.946. The van der Waals surface area contributed by atoms with Gasteiger partial charge < -0.3 is 10.0 Å². The van der Waals surface area contributed by atoms with Gasteiger partial charge in [0.25, 0.3) is 11.8 Å². The number of hydrogen-bond acceptors (Lipinski definition) is 3. The highest BCUT2D eigenvalue weighted by atomic mass is 35.5. The van der Waals surface area contributed by atoms with Crippen LogP contribution < -0.4 is 0 Å². The number of amides is 3. The number of imide groups is 1. The summed E-state index contributed by atoms with van der Waals surface area (Å²) in [6, 6.07) is 6.15. The molecule has 2 heterocycles. The largest absolute Gasteiger partial charge is 0.465 e. The number of carbonyl (C=O) groups excluding carboxylic acids is 2. The Morgan fingerprint density at radius 2 is 1.62 bits per heavy atom. The van der Waals surface area contributed by atoms with Gasteiger partial charge in [-0.05, 0) is 31.9 Å². The topological polar surface area (TPSA) is 77.9 Å². The van der Waals surface area contributed by atoms with E-state index < -0.39 is 12.1 Å². The van der Waals surface area contributed by atoms with E-state index in [2.05, 4.69) is 0 Å². The minimum Gasteiger partial charge on any atom is -0.465 e. The van der Waals surface area contributed by atoms with Crippen LogP contribution in [0.15, 0.2) is 34.9 Å². The van der Waals surface area contributed by atoms with Crippen molar-refractivity contribution in [2.75, 3.05) is 13.1 Å². The Morgan fingerprint density at radius 1 is 1.12 bits per heavy atom. The summed E-state index contributed by atoms with van der Waals surface area (Å²) in [6.07, 6.45) is 0.0793. The van der Waals surface area contributed by atoms with Crippen molar-refractivity contribution in [2.24, 2.45) is 0 Å². The van der Waals surface area contributed by atoms with E-state index in [1.54, 1.807) is 31.2 Å². The number of piperidine rings is 1. The predicted molar refractivity (Wildman–Crippen MR) is 88.1 cm³/mol. The number of likely N-dealkylation sites (tertiary alicyclic amines) is 1. The third-order valence-corrected chi connectivity index (χ3v) is 5.14. The second-order valence-electron chi connectivity index (χ2n) is 5.92. The van der Waals surface area contributed by atoms with Crippen molar-refractivity contribution in [1.82, 2.24) is 9.80 Å². The van der Waals surface area contributed by atoms with E-state index in [-0.39, 0.29) is 11.8 Å². The zero-order valence-corrected chi connectivity index (χ0v) is 13.9. The van der Waals surface area contributed by atoms with Crippen molar-refractivity contribution in [3.8, 4) is 0 Å². The summed E-state index contributed by atoms with van der Waals surface area (Å²) in [5, 5.41) is 9.45. The van der Waals surface area contributed by atoms with Crippen LogP contribution in [0.4, 0.5) is 4.79 Å². The van der Waals surface area contributed by atoms with E-state index in [0.717, 1.165) is 5.57 Å². The summed E-state index contributed by atoms with van der Waals surface area (Å²) in [7, 11) is 0. The summed E-state index contributed by atoms with van der Waals surface area (Å²) in [5.74, 6) is -0.686. The Labute approximate surface area is 144 Å². The van der Waals surface area contributed by atoms with Gasteiger partial charge in [0.2, 0.25) is 0 Å². The highest BCUT2D eigenvalue weighted by Gasteiger charge is 2.39. The molecule has 1 saturated heterocycles. The van der Waals surface area contributed by atoms with Crippen LogP contribution in [0.2, 0.25) is 0 Å². The van der Waals surface area contributed by atoms with Gasteiger partial charge in [0.15, 0.2) is 0 Å². The van der Waals surface area contributed by atoms with Crippen molar-refractivity contribution in [3.63, 3.8) is 0 Å². The summed E-state index contributed by atoms with van der Waals surface area (Å²) in [5.41, 5.74) is 1.69. The zero-order chi connectivity index (χ0) is 17.4. The first-order valence-electron chi connectivity index (χ1n) is 7.74. The third-order valence-electron chi connectivity index (χ3n) is 4.55. The van der Waals surface area contributed by atoms with Gasteiger partial charge in [0.1, 0.15) is 0 Å². The molecule has 0 radical (unpaired) electrons. The monoisotopic (exact) mass is 348 g/mol. The molecule has 1 aromatic rings. The Balaban J connectivity index is 1.81. The lowest BCUT2D eigenvalue weighted by atomic mass is 10.0. The standard InChI is InChI=1S/C17H17ClN2O4/c1-10(14(18)11-6-8-19(9-7-11)17(23)24)20-15(21)12-4-2-3-5-13(12)16(20)22/h2-5,10H,6-9H2,1H3,(H,23,24). The van der Waals surface area contributed by atoms with Crippen LogP contribution in [0.25, 0.3) is 0 Å². The molecule has 126 valence electrons. The van der Waals surface area contributed by atoms with Crippen LogP contribution in [-0.2, 0) is 0 Å². The second-order valence-corrected chi connectivity index (χ2v) is 6.33. The number of rotatable bonds is 2. The highest BCUT2D eigenvalue weighted by Crippen LogP contribution is 2.31. The average Bonchev–Trinajstić information content (AvgIpc) is 2.85. The smallest absolute Gasteiger partial charge is 0.407 e. The van der Waals surface area contributed by atoms with Gasteiger partial charge in [0, 0.05) is 18.1 Å². The van der Waals surface area contributed by atoms with Gasteiger partial charge in [-0.2, -0.15) is 0 Å². The number of carbonyl (C=O) groups is 3. The maximum Gasteiger partial charge on any atom is 0.407 e. The van der Waals surface area contributed by atoms with E-state index in [0.29, 0.717) is 42.1 Å². The van der Waals surface area contributed by atoms with E-state index >= 15 is 0 Å². The molecular weight excluding hydrogens is 332 g/mol. The van der Waals surface area contributed by atoms with Crippen molar-refractivity contribution >= 4 is 29.5 Å². The van der Waals surface area contributed by atoms with Gasteiger partial charge >= 0.3 is 6.09 Å². The molecule has 1 atom stereocenters. The van der Waals surface area contributed by atoms with Crippen LogP contribution in [0.3, 0.4) is 0 Å². The van der Waals surface area contributed by atoms with Gasteiger partial charge in [-0.25, -0.2) is 4.79 Å². The first kappa shape index (κ1) is 16.5. The molecule has 0 bridgehead atoms. The van der Waals surface area contributed by atoms with Crippen LogP contribution in [-0.4, -0.2) is 51.9 Å². The molecule has 6 nitrogen and oxygen atoms in total. The number of nitrogens with zero attached hydrogens (tertiary/aromatic N) is 2. The van der Waals surface area contributed by atoms with Gasteiger partial charge in [-0.15, -0.1) is 0 Å². The van der Waals surface area contributed by atoms with Crippen LogP contribution in [0.1, 0.15) is 40.5 Å². The van der Waals surface area contributed by atoms with E-state index in [4.69, 9.17) is 16.7 Å². The summed E-state index contributed by atoms with van der Waals surface area (Å²) >= 11 is 6.46. The Morgan fingerprint density at radius 3 is 2.08 bits per heavy atom. The van der Waals surface area contributed by atoms with Crippen LogP contribution >= 0.6 is 11.6 Å². The lowest BCUT2D eigenvalue weighted by Crippen LogP contribution is -2.40. The molecule has 2 aliphatic heterocycles. The maximum atomic E-state index is 12.5. The third kappa shape index (κ3) is 2.67. The molecular formula is C17H17ClN2O4. The van der Waals surface area contributed by atoms with Crippen molar-refractivity contribution in [3.05, 3.63) is 46.0 Å². The first-order valence-corrected chi connectivity index (χ1v) is 8.11. The number of fused-ring (bicyclic) bond motifs is 1. The molecule has 0 saturated carbocycles. The number of hydrogen-bond donors (Lipinski definition) is 1. The molecule has 0 aromatic heterocycles. The molecule has 1 N–H and O–H groups in total. The van der Waals surface area contributed by atoms with E-state index in [1.807, 2.05) is 0 Å². The Hall–Kier alpha value is -2.34. The fraction of sp³-hybridized carbons (Fsp3) is 0.353. The molecule has 3 rings (SSSR count). The fourth-order valence-corrected chi connectivity index (χ4v) is 3.46. The average molecular weight is 349 g/mol. The Kier molecular flexibility index (Phi) is 4.32. The predicted octanol–water partition coefficient (Wildman–Crippen LogP) is 2.94. The quantitative estimate of drug-likeness (QED) is 0.833. The molecule has 1 unspecified atom stereocenters. The molecule has 1 aromatic carbocycles. The fourth-order valence-electron chi connectivity index (χ4n) is 3.18. The molecule has 0 aliphatic carbocycles. The lowest BCUT2D eigenvalue weighted by molar-refractivity contribution is 0.0622. The second kappa shape index (κ2) is 6.28. The van der Waals surface area contributed by atoms with E-state index in [9.17, 15) is 14.4 Å². The van der Waals surface area contributed by atoms with Crippen molar-refractivity contribution < 1.29 is 19.5 Å².